The van der Waals surface area contributed by atoms with Crippen molar-refractivity contribution in [1.82, 2.24) is 9.61 Å². The average molecular weight is 377 g/mol. The van der Waals surface area contributed by atoms with Gasteiger partial charge in [-0.3, -0.25) is 4.79 Å². The number of alkyl halides is 3. The van der Waals surface area contributed by atoms with E-state index < -0.39 is 23.2 Å². The maximum atomic E-state index is 13.1. The van der Waals surface area contributed by atoms with E-state index in [0.717, 1.165) is 12.1 Å². The number of hydrogen-bond acceptors (Lipinski definition) is 3. The van der Waals surface area contributed by atoms with E-state index >= 15 is 0 Å². The topological polar surface area (TPSA) is 66.6 Å². The third-order valence-corrected chi connectivity index (χ3v) is 3.88. The highest BCUT2D eigenvalue weighted by Gasteiger charge is 2.31. The van der Waals surface area contributed by atoms with E-state index in [2.05, 4.69) is 10.4 Å². The van der Waals surface area contributed by atoms with Crippen molar-refractivity contribution in [1.29, 1.82) is 0 Å². The number of nitrogens with one attached hydrogen (secondary N) is 1. The summed E-state index contributed by atoms with van der Waals surface area (Å²) in [5, 5.41) is 16.6. The molecule has 0 aliphatic heterocycles. The van der Waals surface area contributed by atoms with Crippen molar-refractivity contribution in [2.45, 2.75) is 32.0 Å². The van der Waals surface area contributed by atoms with Gasteiger partial charge in [-0.1, -0.05) is 30.3 Å². The number of benzene rings is 1. The second kappa shape index (κ2) is 6.70. The van der Waals surface area contributed by atoms with Crippen LogP contribution in [0.4, 0.5) is 19.0 Å². The van der Waals surface area contributed by atoms with Crippen LogP contribution in [0, 0.1) is 0 Å². The molecule has 0 aliphatic rings. The third kappa shape index (κ3) is 4.28. The number of halogens is 3. The van der Waals surface area contributed by atoms with Crippen LogP contribution in [0.25, 0.3) is 16.6 Å². The fourth-order valence-electron chi connectivity index (χ4n) is 2.77. The summed E-state index contributed by atoms with van der Waals surface area (Å²) in [7, 11) is 0. The number of aliphatic hydroxyl groups is 1. The summed E-state index contributed by atoms with van der Waals surface area (Å²) in [6, 6.07) is 10.6. The highest BCUT2D eigenvalue weighted by atomic mass is 19.4. The molecular weight excluding hydrogens is 359 g/mol. The van der Waals surface area contributed by atoms with Gasteiger partial charge in [0.25, 0.3) is 0 Å². The molecule has 2 aromatic heterocycles. The first kappa shape index (κ1) is 18.9. The summed E-state index contributed by atoms with van der Waals surface area (Å²) in [6.45, 7) is 2.98. The third-order valence-electron chi connectivity index (χ3n) is 3.88. The predicted molar refractivity (Wildman–Crippen MR) is 95.2 cm³/mol. The molecule has 142 valence electrons. The number of aromatic nitrogens is 2. The Morgan fingerprint density at radius 2 is 1.85 bits per heavy atom. The Morgan fingerprint density at radius 1 is 1.19 bits per heavy atom. The summed E-state index contributed by atoms with van der Waals surface area (Å²) >= 11 is 0. The molecule has 0 radical (unpaired) electrons. The minimum Gasteiger partial charge on any atom is -0.390 e. The number of fused-ring (bicyclic) bond motifs is 1. The van der Waals surface area contributed by atoms with E-state index in [0.29, 0.717) is 11.1 Å². The van der Waals surface area contributed by atoms with Gasteiger partial charge in [0.1, 0.15) is 0 Å². The van der Waals surface area contributed by atoms with Crippen LogP contribution in [-0.2, 0) is 11.0 Å². The van der Waals surface area contributed by atoms with Crippen LogP contribution >= 0.6 is 0 Å². The van der Waals surface area contributed by atoms with Crippen molar-refractivity contribution in [3.63, 3.8) is 0 Å². The smallest absolute Gasteiger partial charge is 0.390 e. The lowest BCUT2D eigenvalue weighted by molar-refractivity contribution is -0.137. The highest BCUT2D eigenvalue weighted by Crippen LogP contribution is 2.36. The van der Waals surface area contributed by atoms with Crippen LogP contribution in [0.2, 0.25) is 0 Å². The Labute approximate surface area is 153 Å². The Bertz CT molecular complexity index is 974. The Hall–Kier alpha value is -2.87. The SMILES string of the molecule is CC(C)(O)CC(=O)Nc1nn2ccc(C(F)(F)F)cc2c1-c1ccccc1. The predicted octanol–water partition coefficient (Wildman–Crippen LogP) is 4.12. The van der Waals surface area contributed by atoms with Gasteiger partial charge in [0.05, 0.1) is 28.7 Å². The van der Waals surface area contributed by atoms with Crippen molar-refractivity contribution in [2.24, 2.45) is 0 Å². The summed E-state index contributed by atoms with van der Waals surface area (Å²) in [5.74, 6) is -0.353. The van der Waals surface area contributed by atoms with Crippen molar-refractivity contribution < 1.29 is 23.1 Å². The molecule has 27 heavy (non-hydrogen) atoms. The lowest BCUT2D eigenvalue weighted by Crippen LogP contribution is -2.27. The van der Waals surface area contributed by atoms with Gasteiger partial charge in [-0.15, -0.1) is 5.10 Å². The molecule has 1 amide bonds. The fraction of sp³-hybridized carbons (Fsp3) is 0.263. The highest BCUT2D eigenvalue weighted by molar-refractivity contribution is 5.99. The zero-order chi connectivity index (χ0) is 19.8. The number of amides is 1. The van der Waals surface area contributed by atoms with Crippen molar-refractivity contribution in [3.8, 4) is 11.1 Å². The minimum atomic E-state index is -4.50. The van der Waals surface area contributed by atoms with Gasteiger partial charge in [0.2, 0.25) is 5.91 Å². The van der Waals surface area contributed by atoms with Crippen LogP contribution in [0.15, 0.2) is 48.7 Å². The second-order valence-corrected chi connectivity index (χ2v) is 6.87. The maximum Gasteiger partial charge on any atom is 0.416 e. The monoisotopic (exact) mass is 377 g/mol. The first-order valence-electron chi connectivity index (χ1n) is 8.22. The first-order chi connectivity index (χ1) is 12.5. The molecule has 3 rings (SSSR count). The van der Waals surface area contributed by atoms with Crippen molar-refractivity contribution >= 4 is 17.2 Å². The standard InChI is InChI=1S/C19H18F3N3O2/c1-18(2,27)11-15(26)23-17-16(12-6-4-3-5-7-12)14-10-13(19(20,21)22)8-9-25(14)24-17/h3-10,27H,11H2,1-2H3,(H,23,24,26). The van der Waals surface area contributed by atoms with Crippen LogP contribution in [0.5, 0.6) is 0 Å². The molecule has 8 heteroatoms. The number of carbonyl (C=O) groups excluding carboxylic acids is 1. The molecular formula is C19H18F3N3O2. The van der Waals surface area contributed by atoms with E-state index in [4.69, 9.17) is 0 Å². The van der Waals surface area contributed by atoms with Gasteiger partial charge in [0, 0.05) is 6.20 Å². The Kier molecular flexibility index (Phi) is 4.69. The van der Waals surface area contributed by atoms with E-state index in [1.807, 2.05) is 0 Å². The zero-order valence-corrected chi connectivity index (χ0v) is 14.7. The molecule has 2 N–H and O–H groups in total. The van der Waals surface area contributed by atoms with Gasteiger partial charge in [0.15, 0.2) is 5.82 Å². The van der Waals surface area contributed by atoms with Crippen LogP contribution < -0.4 is 5.32 Å². The first-order valence-corrected chi connectivity index (χ1v) is 8.22. The molecule has 1 aromatic carbocycles. The molecule has 0 saturated carbocycles. The van der Waals surface area contributed by atoms with E-state index in [1.54, 1.807) is 30.3 Å². The van der Waals surface area contributed by atoms with Gasteiger partial charge >= 0.3 is 6.18 Å². The normalized spacial score (nSPS) is 12.4. The fourth-order valence-corrected chi connectivity index (χ4v) is 2.77. The van der Waals surface area contributed by atoms with E-state index in [-0.39, 0.29) is 17.8 Å². The van der Waals surface area contributed by atoms with Crippen molar-refractivity contribution in [2.75, 3.05) is 5.32 Å². The molecule has 0 aliphatic carbocycles. The number of hydrogen-bond donors (Lipinski definition) is 2. The summed E-state index contributed by atoms with van der Waals surface area (Å²) < 4.78 is 40.7. The largest absolute Gasteiger partial charge is 0.416 e. The summed E-state index contributed by atoms with van der Waals surface area (Å²) in [4.78, 5) is 12.2. The van der Waals surface area contributed by atoms with Gasteiger partial charge in [-0.05, 0) is 31.5 Å². The van der Waals surface area contributed by atoms with Crippen molar-refractivity contribution in [3.05, 3.63) is 54.2 Å². The number of nitrogens with zero attached hydrogens (tertiary/aromatic N) is 2. The van der Waals surface area contributed by atoms with Gasteiger partial charge < -0.3 is 10.4 Å². The minimum absolute atomic E-state index is 0.134. The average Bonchev–Trinajstić information content (AvgIpc) is 2.89. The summed E-state index contributed by atoms with van der Waals surface area (Å²) in [5.41, 5.74) is -0.813. The van der Waals surface area contributed by atoms with E-state index in [9.17, 15) is 23.1 Å². The molecule has 0 fully saturated rings. The molecule has 0 bridgehead atoms. The Balaban J connectivity index is 2.14. The molecule has 0 atom stereocenters. The molecule has 0 spiro atoms. The molecule has 2 heterocycles. The van der Waals surface area contributed by atoms with E-state index in [1.165, 1.54) is 24.6 Å². The maximum absolute atomic E-state index is 13.1. The molecule has 3 aromatic rings. The lowest BCUT2D eigenvalue weighted by atomic mass is 10.0. The number of pyridine rings is 1. The quantitative estimate of drug-likeness (QED) is 0.719. The van der Waals surface area contributed by atoms with Crippen LogP contribution in [0.3, 0.4) is 0 Å². The van der Waals surface area contributed by atoms with Crippen LogP contribution in [0.1, 0.15) is 25.8 Å². The van der Waals surface area contributed by atoms with Gasteiger partial charge in [-0.2, -0.15) is 13.2 Å². The summed E-state index contributed by atoms with van der Waals surface area (Å²) in [6.07, 6.45) is -3.47. The Morgan fingerprint density at radius 3 is 2.44 bits per heavy atom. The number of anilines is 1. The molecule has 0 saturated heterocycles. The number of carbonyl (C=O) groups is 1. The van der Waals surface area contributed by atoms with Crippen LogP contribution in [-0.4, -0.2) is 26.2 Å². The molecule has 5 nitrogen and oxygen atoms in total. The van der Waals surface area contributed by atoms with Gasteiger partial charge in [-0.25, -0.2) is 4.52 Å². The zero-order valence-electron chi connectivity index (χ0n) is 14.7. The second-order valence-electron chi connectivity index (χ2n) is 6.87. The lowest BCUT2D eigenvalue weighted by Gasteiger charge is -2.16. The molecule has 0 unspecified atom stereocenters. The number of rotatable bonds is 4.